The van der Waals surface area contributed by atoms with Gasteiger partial charge >= 0.3 is 0 Å². The Kier molecular flexibility index (Phi) is 2.66. The molecule has 1 aromatic rings. The van der Waals surface area contributed by atoms with Crippen LogP contribution in [0.3, 0.4) is 0 Å². The average Bonchev–Trinajstić information content (AvgIpc) is 2.04. The minimum absolute atomic E-state index is 0.0185. The van der Waals surface area contributed by atoms with Crippen LogP contribution in [0.25, 0.3) is 0 Å². The lowest BCUT2D eigenvalue weighted by atomic mass is 9.99. The second kappa shape index (κ2) is 3.56. The minimum Gasteiger partial charge on any atom is -0.505 e. The van der Waals surface area contributed by atoms with Crippen molar-refractivity contribution in [2.75, 3.05) is 0 Å². The number of rotatable bonds is 2. The molecule has 0 aliphatic rings. The maximum atomic E-state index is 10.4. The quantitative estimate of drug-likeness (QED) is 0.708. The normalized spacial score (nSPS) is 10.5. The second-order valence-corrected chi connectivity index (χ2v) is 3.41. The summed E-state index contributed by atoms with van der Waals surface area (Å²) in [4.78, 5) is 10.4. The third kappa shape index (κ3) is 1.69. The molecule has 0 spiro atoms. The number of hydrogen-bond acceptors (Lipinski definition) is 3. The van der Waals surface area contributed by atoms with E-state index in [1.807, 2.05) is 19.9 Å². The van der Waals surface area contributed by atoms with E-state index in [0.29, 0.717) is 5.56 Å². The fourth-order valence-electron chi connectivity index (χ4n) is 1.28. The SMILES string of the molecule is Cc1ccc(C(C)C)c(O)c1N=O. The summed E-state index contributed by atoms with van der Waals surface area (Å²) in [7, 11) is 0. The second-order valence-electron chi connectivity index (χ2n) is 3.41. The Bertz CT molecular complexity index is 332. The summed E-state index contributed by atoms with van der Waals surface area (Å²) in [5.41, 5.74) is 1.63. The van der Waals surface area contributed by atoms with Crippen LogP contribution < -0.4 is 0 Å². The summed E-state index contributed by atoms with van der Waals surface area (Å²) in [6, 6.07) is 3.62. The number of aromatic hydroxyl groups is 1. The standard InChI is InChI=1S/C10H13NO2/c1-6(2)8-5-4-7(3)9(11-13)10(8)12/h4-6,12H,1-3H3. The van der Waals surface area contributed by atoms with Gasteiger partial charge in [0.1, 0.15) is 5.75 Å². The molecule has 0 aromatic heterocycles. The first kappa shape index (κ1) is 9.71. The lowest BCUT2D eigenvalue weighted by Gasteiger charge is -2.10. The van der Waals surface area contributed by atoms with Crippen LogP contribution in [0.5, 0.6) is 5.75 Å². The maximum absolute atomic E-state index is 10.4. The molecule has 0 aliphatic heterocycles. The number of aryl methyl sites for hydroxylation is 1. The molecule has 0 atom stereocenters. The van der Waals surface area contributed by atoms with E-state index >= 15 is 0 Å². The molecule has 0 saturated carbocycles. The van der Waals surface area contributed by atoms with E-state index in [-0.39, 0.29) is 17.4 Å². The molecular weight excluding hydrogens is 166 g/mol. The third-order valence-electron chi connectivity index (χ3n) is 2.10. The molecule has 3 nitrogen and oxygen atoms in total. The van der Waals surface area contributed by atoms with Crippen LogP contribution in [0.15, 0.2) is 17.3 Å². The van der Waals surface area contributed by atoms with Crippen molar-refractivity contribution in [2.24, 2.45) is 5.18 Å². The van der Waals surface area contributed by atoms with E-state index in [1.54, 1.807) is 13.0 Å². The van der Waals surface area contributed by atoms with Crippen LogP contribution in [-0.2, 0) is 0 Å². The number of benzene rings is 1. The highest BCUT2D eigenvalue weighted by molar-refractivity contribution is 5.60. The van der Waals surface area contributed by atoms with E-state index in [1.165, 1.54) is 0 Å². The van der Waals surface area contributed by atoms with Crippen LogP contribution in [-0.4, -0.2) is 5.11 Å². The molecule has 0 saturated heterocycles. The molecule has 0 unspecified atom stereocenters. The van der Waals surface area contributed by atoms with Crippen molar-refractivity contribution in [3.8, 4) is 5.75 Å². The van der Waals surface area contributed by atoms with Crippen molar-refractivity contribution in [2.45, 2.75) is 26.7 Å². The fraction of sp³-hybridized carbons (Fsp3) is 0.400. The molecule has 0 fully saturated rings. The largest absolute Gasteiger partial charge is 0.505 e. The van der Waals surface area contributed by atoms with Gasteiger partial charge in [-0.2, -0.15) is 0 Å². The molecule has 0 amide bonds. The van der Waals surface area contributed by atoms with Gasteiger partial charge in [0.25, 0.3) is 0 Å². The van der Waals surface area contributed by atoms with Gasteiger partial charge in [0.05, 0.1) is 0 Å². The first-order valence-corrected chi connectivity index (χ1v) is 4.23. The number of phenols is 1. The minimum atomic E-state index is 0.0185. The van der Waals surface area contributed by atoms with Crippen LogP contribution in [0.1, 0.15) is 30.9 Å². The van der Waals surface area contributed by atoms with Gasteiger partial charge in [-0.1, -0.05) is 26.0 Å². The first-order valence-electron chi connectivity index (χ1n) is 4.23. The number of hydrogen-bond donors (Lipinski definition) is 1. The molecule has 1 rings (SSSR count). The van der Waals surface area contributed by atoms with Crippen molar-refractivity contribution >= 4 is 5.69 Å². The Balaban J connectivity index is 3.35. The Morgan fingerprint density at radius 2 is 2.00 bits per heavy atom. The van der Waals surface area contributed by atoms with Gasteiger partial charge in [0.2, 0.25) is 0 Å². The Hall–Kier alpha value is -1.38. The summed E-state index contributed by atoms with van der Waals surface area (Å²) >= 11 is 0. The Morgan fingerprint density at radius 1 is 1.38 bits per heavy atom. The zero-order valence-corrected chi connectivity index (χ0v) is 8.03. The molecule has 0 bridgehead atoms. The van der Waals surface area contributed by atoms with Crippen molar-refractivity contribution < 1.29 is 5.11 Å². The van der Waals surface area contributed by atoms with Gasteiger partial charge in [-0.15, -0.1) is 4.91 Å². The zero-order chi connectivity index (χ0) is 10.0. The molecule has 3 heteroatoms. The van der Waals surface area contributed by atoms with Gasteiger partial charge in [-0.25, -0.2) is 0 Å². The maximum Gasteiger partial charge on any atom is 0.152 e. The highest BCUT2D eigenvalue weighted by Gasteiger charge is 2.12. The molecule has 0 radical (unpaired) electrons. The van der Waals surface area contributed by atoms with Crippen molar-refractivity contribution in [1.29, 1.82) is 0 Å². The molecule has 70 valence electrons. The summed E-state index contributed by atoms with van der Waals surface area (Å²) in [5.74, 6) is 0.214. The van der Waals surface area contributed by atoms with Gasteiger partial charge in [-0.3, -0.25) is 0 Å². The van der Waals surface area contributed by atoms with Crippen molar-refractivity contribution in [1.82, 2.24) is 0 Å². The number of nitroso groups, excluding NO2 is 1. The monoisotopic (exact) mass is 179 g/mol. The molecule has 13 heavy (non-hydrogen) atoms. The molecular formula is C10H13NO2. The summed E-state index contributed by atoms with van der Waals surface area (Å²) < 4.78 is 0. The number of nitrogens with zero attached hydrogens (tertiary/aromatic N) is 1. The van der Waals surface area contributed by atoms with Crippen molar-refractivity contribution in [3.05, 3.63) is 28.2 Å². The molecule has 1 N–H and O–H groups in total. The number of phenolic OH excluding ortho intramolecular Hbond substituents is 1. The van der Waals surface area contributed by atoms with Gasteiger partial charge in [-0.05, 0) is 29.1 Å². The summed E-state index contributed by atoms with van der Waals surface area (Å²) in [6.45, 7) is 5.67. The van der Waals surface area contributed by atoms with Crippen molar-refractivity contribution in [3.63, 3.8) is 0 Å². The van der Waals surface area contributed by atoms with E-state index < -0.39 is 0 Å². The molecule has 0 aliphatic carbocycles. The topological polar surface area (TPSA) is 49.7 Å². The van der Waals surface area contributed by atoms with E-state index in [9.17, 15) is 10.0 Å². The zero-order valence-electron chi connectivity index (χ0n) is 8.03. The highest BCUT2D eigenvalue weighted by Crippen LogP contribution is 2.36. The summed E-state index contributed by atoms with van der Waals surface area (Å²) in [6.07, 6.45) is 0. The lowest BCUT2D eigenvalue weighted by molar-refractivity contribution is 0.466. The molecule has 0 heterocycles. The van der Waals surface area contributed by atoms with Gasteiger partial charge < -0.3 is 5.11 Å². The molecule has 1 aromatic carbocycles. The Morgan fingerprint density at radius 3 is 2.46 bits per heavy atom. The first-order chi connectivity index (χ1) is 6.07. The Labute approximate surface area is 77.4 Å². The van der Waals surface area contributed by atoms with Crippen LogP contribution in [0.4, 0.5) is 5.69 Å². The van der Waals surface area contributed by atoms with Crippen LogP contribution >= 0.6 is 0 Å². The highest BCUT2D eigenvalue weighted by atomic mass is 16.3. The van der Waals surface area contributed by atoms with E-state index in [4.69, 9.17) is 0 Å². The fourth-order valence-corrected chi connectivity index (χ4v) is 1.28. The smallest absolute Gasteiger partial charge is 0.152 e. The average molecular weight is 179 g/mol. The predicted octanol–water partition coefficient (Wildman–Crippen LogP) is 3.22. The van der Waals surface area contributed by atoms with E-state index in [2.05, 4.69) is 5.18 Å². The predicted molar refractivity (Wildman–Crippen MR) is 52.4 cm³/mol. The van der Waals surface area contributed by atoms with Gasteiger partial charge in [0.15, 0.2) is 5.69 Å². The van der Waals surface area contributed by atoms with Crippen LogP contribution in [0, 0.1) is 11.8 Å². The third-order valence-corrected chi connectivity index (χ3v) is 2.10. The lowest BCUT2D eigenvalue weighted by Crippen LogP contribution is -1.89. The van der Waals surface area contributed by atoms with Gasteiger partial charge in [0, 0.05) is 0 Å². The summed E-state index contributed by atoms with van der Waals surface area (Å²) in [5, 5.41) is 12.5. The van der Waals surface area contributed by atoms with E-state index in [0.717, 1.165) is 5.56 Å². The van der Waals surface area contributed by atoms with Crippen LogP contribution in [0.2, 0.25) is 0 Å².